The summed E-state index contributed by atoms with van der Waals surface area (Å²) in [6.45, 7) is 0.00593. The molecule has 0 fully saturated rings. The van der Waals surface area contributed by atoms with Gasteiger partial charge in [0.1, 0.15) is 12.4 Å². The van der Waals surface area contributed by atoms with Gasteiger partial charge in [-0.2, -0.15) is 0 Å². The average molecular weight is 247 g/mol. The van der Waals surface area contributed by atoms with E-state index in [9.17, 15) is 0 Å². The van der Waals surface area contributed by atoms with Crippen molar-refractivity contribution in [2.45, 2.75) is 0 Å². The molecular weight excluding hydrogens is 234 g/mol. The molecule has 0 saturated carbocycles. The molecule has 1 heterocycles. The fourth-order valence-corrected chi connectivity index (χ4v) is 1.66. The van der Waals surface area contributed by atoms with Gasteiger partial charge >= 0.3 is 0 Å². The Morgan fingerprint density at radius 1 is 1.39 bits per heavy atom. The number of nitrogens with two attached hydrogens (primary N) is 1. The quantitative estimate of drug-likeness (QED) is 0.319. The maximum Gasteiger partial charge on any atom is 0.175 e. The van der Waals surface area contributed by atoms with E-state index in [-0.39, 0.29) is 19.0 Å². The van der Waals surface area contributed by atoms with Gasteiger partial charge in [-0.25, -0.2) is 0 Å². The van der Waals surface area contributed by atoms with E-state index in [1.807, 2.05) is 24.3 Å². The predicted molar refractivity (Wildman–Crippen MR) is 66.8 cm³/mol. The molecule has 0 radical (unpaired) electrons. The lowest BCUT2D eigenvalue weighted by Crippen LogP contribution is -2.16. The fourth-order valence-electron chi connectivity index (χ4n) is 1.66. The van der Waals surface area contributed by atoms with Gasteiger partial charge in [-0.15, -0.1) is 0 Å². The van der Waals surface area contributed by atoms with Crippen LogP contribution in [0.1, 0.15) is 5.56 Å². The Balaban J connectivity index is 2.63. The first kappa shape index (κ1) is 12.1. The molecular formula is C12H13N3O3. The number of amidine groups is 1. The summed E-state index contributed by atoms with van der Waals surface area (Å²) in [7, 11) is 0. The van der Waals surface area contributed by atoms with Crippen molar-refractivity contribution in [3.63, 3.8) is 0 Å². The molecule has 0 spiro atoms. The maximum atomic E-state index is 8.83. The highest BCUT2D eigenvalue weighted by molar-refractivity contribution is 6.04. The van der Waals surface area contributed by atoms with Crippen LogP contribution < -0.4 is 10.5 Å². The van der Waals surface area contributed by atoms with Crippen LogP contribution in [0, 0.1) is 0 Å². The van der Waals surface area contributed by atoms with Crippen molar-refractivity contribution in [3.8, 4) is 5.75 Å². The van der Waals surface area contributed by atoms with Gasteiger partial charge in [0.15, 0.2) is 5.84 Å². The standard InChI is InChI=1S/C12H13N3O3/c13-12(15-17)9-7-14-10-4-2-1-3-8(10)11(9)18-6-5-16/h1-4,7,16-17H,5-6H2,(H2,13,15). The minimum atomic E-state index is -0.119. The SMILES string of the molecule is N/C(=N\O)c1cnc2ccccc2c1OCCO. The zero-order valence-corrected chi connectivity index (χ0v) is 9.58. The monoisotopic (exact) mass is 247 g/mol. The van der Waals surface area contributed by atoms with Crippen LogP contribution in [-0.2, 0) is 0 Å². The van der Waals surface area contributed by atoms with Crippen LogP contribution in [0.5, 0.6) is 5.75 Å². The Morgan fingerprint density at radius 3 is 2.89 bits per heavy atom. The number of aromatic nitrogens is 1. The first-order valence-electron chi connectivity index (χ1n) is 5.37. The molecule has 1 aromatic carbocycles. The highest BCUT2D eigenvalue weighted by atomic mass is 16.5. The van der Waals surface area contributed by atoms with Crippen molar-refractivity contribution in [2.24, 2.45) is 10.9 Å². The lowest BCUT2D eigenvalue weighted by molar-refractivity contribution is 0.202. The molecule has 94 valence electrons. The van der Waals surface area contributed by atoms with Gasteiger partial charge in [0.25, 0.3) is 0 Å². The molecule has 18 heavy (non-hydrogen) atoms. The zero-order valence-electron chi connectivity index (χ0n) is 9.58. The number of para-hydroxylation sites is 1. The molecule has 0 aliphatic rings. The van der Waals surface area contributed by atoms with E-state index in [2.05, 4.69) is 10.1 Å². The molecule has 0 amide bonds. The fraction of sp³-hybridized carbons (Fsp3) is 0.167. The number of oxime groups is 1. The molecule has 2 rings (SSSR count). The van der Waals surface area contributed by atoms with Crippen LogP contribution in [-0.4, -0.2) is 34.3 Å². The van der Waals surface area contributed by atoms with E-state index in [0.29, 0.717) is 11.3 Å². The van der Waals surface area contributed by atoms with E-state index in [4.69, 9.17) is 20.8 Å². The number of rotatable bonds is 4. The van der Waals surface area contributed by atoms with Gasteiger partial charge in [-0.1, -0.05) is 17.3 Å². The Hall–Kier alpha value is -2.34. The number of nitrogens with zero attached hydrogens (tertiary/aromatic N) is 2. The molecule has 1 aromatic heterocycles. The van der Waals surface area contributed by atoms with E-state index < -0.39 is 0 Å². The Bertz CT molecular complexity index is 584. The molecule has 0 aliphatic heterocycles. The normalized spacial score (nSPS) is 11.7. The van der Waals surface area contributed by atoms with Crippen LogP contribution in [0.3, 0.4) is 0 Å². The Kier molecular flexibility index (Phi) is 3.59. The smallest absolute Gasteiger partial charge is 0.175 e. The largest absolute Gasteiger partial charge is 0.490 e. The second kappa shape index (κ2) is 5.33. The number of aliphatic hydroxyl groups is 1. The van der Waals surface area contributed by atoms with Crippen molar-refractivity contribution < 1.29 is 15.1 Å². The second-order valence-corrected chi connectivity index (χ2v) is 3.58. The number of fused-ring (bicyclic) bond motifs is 1. The van der Waals surface area contributed by atoms with Crippen molar-refractivity contribution in [1.29, 1.82) is 0 Å². The first-order valence-corrected chi connectivity index (χ1v) is 5.37. The maximum absolute atomic E-state index is 8.83. The highest BCUT2D eigenvalue weighted by Gasteiger charge is 2.13. The number of benzene rings is 1. The van der Waals surface area contributed by atoms with Crippen molar-refractivity contribution in [2.75, 3.05) is 13.2 Å². The van der Waals surface area contributed by atoms with Gasteiger partial charge in [0.05, 0.1) is 17.7 Å². The zero-order chi connectivity index (χ0) is 13.0. The average Bonchev–Trinajstić information content (AvgIpc) is 2.43. The molecule has 6 heteroatoms. The second-order valence-electron chi connectivity index (χ2n) is 3.58. The summed E-state index contributed by atoms with van der Waals surface area (Å²) in [5.74, 6) is 0.367. The molecule has 6 nitrogen and oxygen atoms in total. The number of ether oxygens (including phenoxy) is 1. The van der Waals surface area contributed by atoms with Crippen LogP contribution in [0.25, 0.3) is 10.9 Å². The van der Waals surface area contributed by atoms with Crippen LogP contribution in [0.2, 0.25) is 0 Å². The summed E-state index contributed by atoms with van der Waals surface area (Å²) in [6.07, 6.45) is 1.48. The molecule has 0 saturated heterocycles. The van der Waals surface area contributed by atoms with E-state index in [1.54, 1.807) is 0 Å². The topological polar surface area (TPSA) is 101 Å². The molecule has 4 N–H and O–H groups in total. The van der Waals surface area contributed by atoms with Gasteiger partial charge < -0.3 is 20.8 Å². The molecule has 0 aliphatic carbocycles. The van der Waals surface area contributed by atoms with Crippen LogP contribution in [0.15, 0.2) is 35.6 Å². The third-order valence-electron chi connectivity index (χ3n) is 2.45. The van der Waals surface area contributed by atoms with Gasteiger partial charge in [0, 0.05) is 11.6 Å². The van der Waals surface area contributed by atoms with Gasteiger partial charge in [0.2, 0.25) is 0 Å². The van der Waals surface area contributed by atoms with E-state index >= 15 is 0 Å². The first-order chi connectivity index (χ1) is 8.77. The minimum absolute atomic E-state index is 0.0822. The highest BCUT2D eigenvalue weighted by Crippen LogP contribution is 2.28. The molecule has 0 atom stereocenters. The number of aliphatic hydroxyl groups excluding tert-OH is 1. The Labute approximate surface area is 103 Å². The predicted octanol–water partition coefficient (Wildman–Crippen LogP) is 0.700. The molecule has 2 aromatic rings. The van der Waals surface area contributed by atoms with E-state index in [0.717, 1.165) is 10.9 Å². The third-order valence-corrected chi connectivity index (χ3v) is 2.45. The summed E-state index contributed by atoms with van der Waals surface area (Å²) in [4.78, 5) is 4.20. The number of hydrogen-bond acceptors (Lipinski definition) is 5. The van der Waals surface area contributed by atoms with Gasteiger partial charge in [-0.3, -0.25) is 4.98 Å². The van der Waals surface area contributed by atoms with Crippen LogP contribution in [0.4, 0.5) is 0 Å². The van der Waals surface area contributed by atoms with Crippen molar-refractivity contribution >= 4 is 16.7 Å². The third kappa shape index (κ3) is 2.18. The van der Waals surface area contributed by atoms with Crippen molar-refractivity contribution in [1.82, 2.24) is 4.98 Å². The van der Waals surface area contributed by atoms with Crippen molar-refractivity contribution in [3.05, 3.63) is 36.0 Å². The summed E-state index contributed by atoms with van der Waals surface area (Å²) < 4.78 is 5.46. The lowest BCUT2D eigenvalue weighted by atomic mass is 10.1. The summed E-state index contributed by atoms with van der Waals surface area (Å²) in [5.41, 5.74) is 6.70. The molecule has 0 bridgehead atoms. The van der Waals surface area contributed by atoms with Gasteiger partial charge in [-0.05, 0) is 12.1 Å². The number of pyridine rings is 1. The van der Waals surface area contributed by atoms with E-state index in [1.165, 1.54) is 6.20 Å². The number of hydrogen-bond donors (Lipinski definition) is 3. The molecule has 0 unspecified atom stereocenters. The summed E-state index contributed by atoms with van der Waals surface area (Å²) in [5, 5.41) is 21.3. The summed E-state index contributed by atoms with van der Waals surface area (Å²) >= 11 is 0. The summed E-state index contributed by atoms with van der Waals surface area (Å²) in [6, 6.07) is 7.35. The minimum Gasteiger partial charge on any atom is -0.490 e. The lowest BCUT2D eigenvalue weighted by Gasteiger charge is -2.12. The van der Waals surface area contributed by atoms with Crippen LogP contribution >= 0.6 is 0 Å². The Morgan fingerprint density at radius 2 is 2.17 bits per heavy atom.